The van der Waals surface area contributed by atoms with E-state index in [1.165, 1.54) is 6.20 Å². The molecule has 0 aromatic carbocycles. The van der Waals surface area contributed by atoms with E-state index in [0.29, 0.717) is 24.4 Å². The van der Waals surface area contributed by atoms with E-state index < -0.39 is 12.1 Å². The van der Waals surface area contributed by atoms with Gasteiger partial charge in [-0.05, 0) is 18.1 Å². The number of thioether (sulfide) groups is 1. The zero-order valence-corrected chi connectivity index (χ0v) is 18.0. The van der Waals surface area contributed by atoms with Crippen molar-refractivity contribution < 1.29 is 37.1 Å². The van der Waals surface area contributed by atoms with Crippen molar-refractivity contribution in [1.29, 1.82) is 0 Å². The fourth-order valence-corrected chi connectivity index (χ4v) is 5.04. The molecule has 0 aliphatic carbocycles. The Balaban J connectivity index is 0.000000360. The Morgan fingerprint density at radius 3 is 2.69 bits per heavy atom. The molecule has 0 radical (unpaired) electrons. The van der Waals surface area contributed by atoms with Gasteiger partial charge in [0, 0.05) is 37.7 Å². The number of hydrogen-bond acceptors (Lipinski definition) is 7. The lowest BCUT2D eigenvalue weighted by atomic mass is 9.92. The highest BCUT2D eigenvalue weighted by Gasteiger charge is 2.51. The summed E-state index contributed by atoms with van der Waals surface area (Å²) in [6.07, 6.45) is 1.97. The summed E-state index contributed by atoms with van der Waals surface area (Å²) in [7, 11) is 0. The number of aryl methyl sites for hydroxylation is 1. The van der Waals surface area contributed by atoms with Gasteiger partial charge in [0.1, 0.15) is 11.3 Å². The number of rotatable bonds is 5. The van der Waals surface area contributed by atoms with E-state index in [9.17, 15) is 18.0 Å². The van der Waals surface area contributed by atoms with Gasteiger partial charge in [0.05, 0.1) is 23.7 Å². The van der Waals surface area contributed by atoms with Gasteiger partial charge in [-0.25, -0.2) is 4.79 Å². The van der Waals surface area contributed by atoms with Gasteiger partial charge in [0.2, 0.25) is 0 Å². The number of alkyl halides is 3. The lowest BCUT2D eigenvalue weighted by Crippen LogP contribution is -2.60. The number of likely N-dealkylation sites (tertiary alicyclic amines) is 1. The van der Waals surface area contributed by atoms with Crippen LogP contribution in [0, 0.1) is 0 Å². The molecule has 1 N–H and O–H groups in total. The molecular formula is C20H22F3N3O5S. The van der Waals surface area contributed by atoms with E-state index in [1.807, 2.05) is 41.9 Å². The van der Waals surface area contributed by atoms with Crippen molar-refractivity contribution >= 4 is 23.6 Å². The highest BCUT2D eigenvalue weighted by atomic mass is 32.2. The van der Waals surface area contributed by atoms with Gasteiger partial charge >= 0.3 is 12.1 Å². The van der Waals surface area contributed by atoms with Crippen molar-refractivity contribution in [3.8, 4) is 0 Å². The molecule has 2 aliphatic rings. The molecule has 4 rings (SSSR count). The number of carbonyl (C=O) groups is 2. The van der Waals surface area contributed by atoms with Crippen LogP contribution in [0.4, 0.5) is 13.2 Å². The van der Waals surface area contributed by atoms with Gasteiger partial charge in [-0.15, -0.1) is 11.8 Å². The quantitative estimate of drug-likeness (QED) is 0.706. The van der Waals surface area contributed by atoms with Crippen molar-refractivity contribution in [1.82, 2.24) is 15.0 Å². The number of aliphatic carboxylic acids is 1. The second-order valence-electron chi connectivity index (χ2n) is 7.47. The van der Waals surface area contributed by atoms with Crippen LogP contribution in [-0.2, 0) is 22.6 Å². The highest BCUT2D eigenvalue weighted by Crippen LogP contribution is 2.46. The van der Waals surface area contributed by atoms with E-state index >= 15 is 0 Å². The summed E-state index contributed by atoms with van der Waals surface area (Å²) >= 11 is 1.93. The minimum absolute atomic E-state index is 0.0315. The molecule has 0 bridgehead atoms. The molecule has 4 heterocycles. The lowest BCUT2D eigenvalue weighted by Gasteiger charge is -2.47. The van der Waals surface area contributed by atoms with E-state index in [2.05, 4.69) is 10.1 Å². The number of carboxylic acids is 1. The SMILES string of the molecule is CCc1oncc1C(=O)N1CC2(CC(OCc3cccnc3)CS2)C1.O=C(O)C(F)(F)F. The Hall–Kier alpha value is -2.60. The first-order valence-corrected chi connectivity index (χ1v) is 10.8. The molecule has 0 saturated carbocycles. The predicted octanol–water partition coefficient (Wildman–Crippen LogP) is 3.18. The van der Waals surface area contributed by atoms with Crippen LogP contribution in [0.1, 0.15) is 35.0 Å². The predicted molar refractivity (Wildman–Crippen MR) is 108 cm³/mol. The van der Waals surface area contributed by atoms with Crippen molar-refractivity contribution in [3.63, 3.8) is 0 Å². The number of nitrogens with zero attached hydrogens (tertiary/aromatic N) is 3. The summed E-state index contributed by atoms with van der Waals surface area (Å²) in [5, 5.41) is 10.9. The molecule has 1 spiro atoms. The summed E-state index contributed by atoms with van der Waals surface area (Å²) < 4.78 is 43.1. The number of amides is 1. The number of halogens is 3. The molecule has 2 aliphatic heterocycles. The third-order valence-corrected chi connectivity index (χ3v) is 6.64. The summed E-state index contributed by atoms with van der Waals surface area (Å²) in [4.78, 5) is 27.5. The van der Waals surface area contributed by atoms with Gasteiger partial charge in [0.15, 0.2) is 0 Å². The van der Waals surface area contributed by atoms with Gasteiger partial charge < -0.3 is 19.3 Å². The van der Waals surface area contributed by atoms with E-state index in [1.54, 1.807) is 6.20 Å². The molecule has 2 aromatic rings. The Bertz CT molecular complexity index is 932. The average Bonchev–Trinajstić information content (AvgIpc) is 3.38. The molecule has 1 atom stereocenters. The van der Waals surface area contributed by atoms with Crippen molar-refractivity contribution in [2.24, 2.45) is 0 Å². The minimum atomic E-state index is -5.08. The molecule has 174 valence electrons. The van der Waals surface area contributed by atoms with Crippen molar-refractivity contribution in [2.75, 3.05) is 18.8 Å². The molecule has 2 aromatic heterocycles. The van der Waals surface area contributed by atoms with E-state index in [-0.39, 0.29) is 16.8 Å². The Labute approximate surface area is 186 Å². The fraction of sp³-hybridized carbons (Fsp3) is 0.500. The Morgan fingerprint density at radius 2 is 2.09 bits per heavy atom. The number of carbonyl (C=O) groups excluding carboxylic acids is 1. The van der Waals surface area contributed by atoms with E-state index in [0.717, 1.165) is 30.8 Å². The number of carboxylic acid groups (broad SMARTS) is 1. The lowest BCUT2D eigenvalue weighted by molar-refractivity contribution is -0.192. The summed E-state index contributed by atoms with van der Waals surface area (Å²) in [5.74, 6) is -1.07. The third-order valence-electron chi connectivity index (χ3n) is 5.07. The maximum absolute atomic E-state index is 12.6. The molecule has 1 amide bonds. The first-order chi connectivity index (χ1) is 15.1. The van der Waals surface area contributed by atoms with Crippen LogP contribution in [0.3, 0.4) is 0 Å². The smallest absolute Gasteiger partial charge is 0.475 e. The Morgan fingerprint density at radius 1 is 1.38 bits per heavy atom. The van der Waals surface area contributed by atoms with Crippen LogP contribution < -0.4 is 0 Å². The molecule has 2 fully saturated rings. The maximum Gasteiger partial charge on any atom is 0.490 e. The monoisotopic (exact) mass is 473 g/mol. The molecule has 8 nitrogen and oxygen atoms in total. The summed E-state index contributed by atoms with van der Waals surface area (Å²) in [5.41, 5.74) is 1.70. The average molecular weight is 473 g/mol. The van der Waals surface area contributed by atoms with E-state index in [4.69, 9.17) is 19.2 Å². The normalized spacial score (nSPS) is 19.2. The van der Waals surface area contributed by atoms with Gasteiger partial charge in [-0.3, -0.25) is 9.78 Å². The second kappa shape index (κ2) is 9.90. The Kier molecular flexibility index (Phi) is 7.44. The number of aromatic nitrogens is 2. The molecule has 12 heteroatoms. The molecule has 2 saturated heterocycles. The zero-order chi connectivity index (χ0) is 23.4. The van der Waals surface area contributed by atoms with Crippen LogP contribution in [0.5, 0.6) is 0 Å². The van der Waals surface area contributed by atoms with Gasteiger partial charge in [0.25, 0.3) is 5.91 Å². The van der Waals surface area contributed by atoms with Gasteiger partial charge in [-0.1, -0.05) is 18.1 Å². The molecule has 1 unspecified atom stereocenters. The second-order valence-corrected chi connectivity index (χ2v) is 8.96. The number of ether oxygens (including phenoxy) is 1. The molecular weight excluding hydrogens is 451 g/mol. The highest BCUT2D eigenvalue weighted by molar-refractivity contribution is 8.01. The topological polar surface area (TPSA) is 106 Å². The minimum Gasteiger partial charge on any atom is -0.475 e. The van der Waals surface area contributed by atoms with Crippen molar-refractivity contribution in [2.45, 2.75) is 43.4 Å². The number of pyridine rings is 1. The number of hydrogen-bond donors (Lipinski definition) is 1. The van der Waals surface area contributed by atoms with Crippen LogP contribution in [-0.4, -0.2) is 67.9 Å². The first kappa shape index (κ1) is 24.1. The zero-order valence-electron chi connectivity index (χ0n) is 17.2. The summed E-state index contributed by atoms with van der Waals surface area (Å²) in [6.45, 7) is 4.11. The van der Waals surface area contributed by atoms with Crippen LogP contribution in [0.15, 0.2) is 35.2 Å². The standard InChI is InChI=1S/C18H21N3O3S.C2HF3O2/c1-2-16-15(8-20-24-16)17(22)21-11-18(12-21)6-14(10-25-18)23-9-13-4-3-5-19-7-13;3-2(4,5)1(6)7/h3-5,7-8,14H,2,6,9-12H2,1H3;(H,6,7). The maximum atomic E-state index is 12.6. The van der Waals surface area contributed by atoms with Crippen LogP contribution in [0.2, 0.25) is 0 Å². The summed E-state index contributed by atoms with van der Waals surface area (Å²) in [6, 6.07) is 3.95. The van der Waals surface area contributed by atoms with Crippen molar-refractivity contribution in [3.05, 3.63) is 47.6 Å². The van der Waals surface area contributed by atoms with Crippen LogP contribution in [0.25, 0.3) is 0 Å². The third kappa shape index (κ3) is 5.80. The first-order valence-electron chi connectivity index (χ1n) is 9.81. The molecule has 32 heavy (non-hydrogen) atoms. The fourth-order valence-electron chi connectivity index (χ4n) is 3.48. The van der Waals surface area contributed by atoms with Gasteiger partial charge in [-0.2, -0.15) is 13.2 Å². The van der Waals surface area contributed by atoms with Crippen LogP contribution >= 0.6 is 11.8 Å². The largest absolute Gasteiger partial charge is 0.490 e.